The van der Waals surface area contributed by atoms with Crippen LogP contribution in [0, 0.1) is 0 Å². The maximum atomic E-state index is 9.97. The Labute approximate surface area is 57.7 Å². The van der Waals surface area contributed by atoms with E-state index < -0.39 is 27.3 Å². The zero-order valence-corrected chi connectivity index (χ0v) is 5.73. The Hall–Kier alpha value is -0.260. The van der Waals surface area contributed by atoms with Gasteiger partial charge in [0.05, 0.1) is 6.61 Å². The SMILES string of the molecule is O=C(O)[C@@H](CO)OP(O)O. The van der Waals surface area contributed by atoms with Crippen molar-refractivity contribution in [2.75, 3.05) is 6.61 Å². The van der Waals surface area contributed by atoms with Gasteiger partial charge in [0.1, 0.15) is 0 Å². The van der Waals surface area contributed by atoms with Gasteiger partial charge in [-0.15, -0.1) is 0 Å². The molecule has 0 aliphatic rings. The van der Waals surface area contributed by atoms with Crippen LogP contribution >= 0.6 is 8.60 Å². The number of rotatable bonds is 4. The molecule has 0 aromatic heterocycles. The highest BCUT2D eigenvalue weighted by atomic mass is 31.2. The van der Waals surface area contributed by atoms with Gasteiger partial charge in [0.2, 0.25) is 0 Å². The lowest BCUT2D eigenvalue weighted by Crippen LogP contribution is -2.25. The summed E-state index contributed by atoms with van der Waals surface area (Å²) in [6.45, 7) is -0.782. The number of carboxylic acid groups (broad SMARTS) is 1. The van der Waals surface area contributed by atoms with E-state index >= 15 is 0 Å². The lowest BCUT2D eigenvalue weighted by molar-refractivity contribution is -0.147. The van der Waals surface area contributed by atoms with Gasteiger partial charge in [0, 0.05) is 0 Å². The smallest absolute Gasteiger partial charge is 0.335 e. The highest BCUT2D eigenvalue weighted by Crippen LogP contribution is 2.26. The van der Waals surface area contributed by atoms with Crippen LogP contribution in [0.2, 0.25) is 0 Å². The molecule has 0 aliphatic carbocycles. The van der Waals surface area contributed by atoms with Crippen molar-refractivity contribution in [1.29, 1.82) is 0 Å². The van der Waals surface area contributed by atoms with E-state index in [4.69, 9.17) is 20.0 Å². The van der Waals surface area contributed by atoms with Crippen LogP contribution in [-0.2, 0) is 9.32 Å². The minimum absolute atomic E-state index is 0.782. The fourth-order valence-corrected chi connectivity index (χ4v) is 0.655. The molecule has 0 rings (SSSR count). The minimum Gasteiger partial charge on any atom is -0.479 e. The molecule has 10 heavy (non-hydrogen) atoms. The minimum atomic E-state index is -2.72. The maximum absolute atomic E-state index is 9.97. The van der Waals surface area contributed by atoms with E-state index in [-0.39, 0.29) is 0 Å². The molecule has 1 atom stereocenters. The van der Waals surface area contributed by atoms with Crippen LogP contribution in [0.15, 0.2) is 0 Å². The number of hydrogen-bond acceptors (Lipinski definition) is 5. The fourth-order valence-electron chi connectivity index (χ4n) is 0.270. The summed E-state index contributed by atoms with van der Waals surface area (Å²) in [7, 11) is -2.72. The van der Waals surface area contributed by atoms with E-state index in [1.807, 2.05) is 0 Å². The lowest BCUT2D eigenvalue weighted by Gasteiger charge is -2.09. The Morgan fingerprint density at radius 3 is 2.20 bits per heavy atom. The molecule has 0 fully saturated rings. The quantitative estimate of drug-likeness (QED) is 0.389. The van der Waals surface area contributed by atoms with Crippen molar-refractivity contribution in [3.8, 4) is 0 Å². The molecule has 60 valence electrons. The van der Waals surface area contributed by atoms with Crippen LogP contribution in [0.4, 0.5) is 0 Å². The first-order valence-corrected chi connectivity index (χ1v) is 3.42. The van der Waals surface area contributed by atoms with Gasteiger partial charge in [-0.25, -0.2) is 4.79 Å². The zero-order valence-electron chi connectivity index (χ0n) is 4.84. The number of carbonyl (C=O) groups is 1. The van der Waals surface area contributed by atoms with Crippen molar-refractivity contribution in [3.63, 3.8) is 0 Å². The van der Waals surface area contributed by atoms with Crippen molar-refractivity contribution in [2.24, 2.45) is 0 Å². The summed E-state index contributed by atoms with van der Waals surface area (Å²) in [4.78, 5) is 26.2. The largest absolute Gasteiger partial charge is 0.479 e. The third-order valence-electron chi connectivity index (χ3n) is 0.663. The molecule has 7 heteroatoms. The molecule has 0 saturated carbocycles. The van der Waals surface area contributed by atoms with E-state index in [0.29, 0.717) is 0 Å². The molecule has 0 aromatic rings. The summed E-state index contributed by atoms with van der Waals surface area (Å²) in [5.74, 6) is -1.43. The van der Waals surface area contributed by atoms with E-state index in [1.165, 1.54) is 0 Å². The summed E-state index contributed by atoms with van der Waals surface area (Å²) in [5.41, 5.74) is 0. The number of aliphatic hydroxyl groups is 1. The van der Waals surface area contributed by atoms with Crippen LogP contribution in [0.5, 0.6) is 0 Å². The average Bonchev–Trinajstić information content (AvgIpc) is 1.81. The Balaban J connectivity index is 3.72. The fraction of sp³-hybridized carbons (Fsp3) is 0.667. The van der Waals surface area contributed by atoms with Gasteiger partial charge in [-0.2, -0.15) is 0 Å². The number of carboxylic acids is 1. The van der Waals surface area contributed by atoms with Crippen molar-refractivity contribution in [2.45, 2.75) is 6.10 Å². The highest BCUT2D eigenvalue weighted by molar-refractivity contribution is 7.39. The molecule has 0 saturated heterocycles. The van der Waals surface area contributed by atoms with Crippen molar-refractivity contribution >= 4 is 14.6 Å². The second-order valence-electron chi connectivity index (χ2n) is 1.37. The van der Waals surface area contributed by atoms with Crippen LogP contribution in [0.3, 0.4) is 0 Å². The van der Waals surface area contributed by atoms with Gasteiger partial charge in [-0.3, -0.25) is 4.52 Å². The highest BCUT2D eigenvalue weighted by Gasteiger charge is 2.20. The molecule has 0 aromatic carbocycles. The second kappa shape index (κ2) is 4.54. The molecule has 0 unspecified atom stereocenters. The monoisotopic (exact) mass is 170 g/mol. The molecule has 6 nitrogen and oxygen atoms in total. The first kappa shape index (κ1) is 9.74. The van der Waals surface area contributed by atoms with Gasteiger partial charge >= 0.3 is 14.6 Å². The molecule has 0 heterocycles. The molecular weight excluding hydrogens is 163 g/mol. The predicted molar refractivity (Wildman–Crippen MR) is 31.0 cm³/mol. The summed E-state index contributed by atoms with van der Waals surface area (Å²) in [6.07, 6.45) is -1.55. The lowest BCUT2D eigenvalue weighted by atomic mass is 10.4. The van der Waals surface area contributed by atoms with Gasteiger partial charge in [-0.05, 0) is 0 Å². The Kier molecular flexibility index (Phi) is 4.42. The Morgan fingerprint density at radius 1 is 1.60 bits per heavy atom. The first-order chi connectivity index (χ1) is 4.57. The van der Waals surface area contributed by atoms with E-state index in [0.717, 1.165) is 0 Å². The normalized spacial score (nSPS) is 13.6. The predicted octanol–water partition coefficient (Wildman–Crippen LogP) is -1.34. The van der Waals surface area contributed by atoms with Gasteiger partial charge in [0.15, 0.2) is 6.10 Å². The van der Waals surface area contributed by atoms with Crippen LogP contribution in [-0.4, -0.2) is 38.7 Å². The summed E-state index contributed by atoms with van der Waals surface area (Å²) < 4.78 is 3.99. The van der Waals surface area contributed by atoms with Gasteiger partial charge < -0.3 is 20.0 Å². The molecule has 0 amide bonds. The topological polar surface area (TPSA) is 107 Å². The van der Waals surface area contributed by atoms with E-state index in [2.05, 4.69) is 4.52 Å². The molecule has 0 radical (unpaired) electrons. The standard InChI is InChI=1S/C3H7O6P/c4-1-2(3(5)6)9-10(7)8/h2,4,7-8H,1H2,(H,5,6)/t2-/m1/s1. The number of aliphatic carboxylic acids is 1. The third-order valence-corrected chi connectivity index (χ3v) is 1.11. The first-order valence-electron chi connectivity index (χ1n) is 2.26. The molecule has 0 aliphatic heterocycles. The molecule has 0 bridgehead atoms. The Morgan fingerprint density at radius 2 is 2.10 bits per heavy atom. The third kappa shape index (κ3) is 3.71. The summed E-state index contributed by atoms with van der Waals surface area (Å²) in [6, 6.07) is 0. The molecule has 4 N–H and O–H groups in total. The Bertz CT molecular complexity index is 114. The number of aliphatic hydroxyl groups excluding tert-OH is 1. The van der Waals surface area contributed by atoms with Crippen LogP contribution in [0.25, 0.3) is 0 Å². The van der Waals surface area contributed by atoms with Crippen molar-refractivity contribution in [1.82, 2.24) is 0 Å². The van der Waals surface area contributed by atoms with E-state index in [1.54, 1.807) is 0 Å². The van der Waals surface area contributed by atoms with E-state index in [9.17, 15) is 4.79 Å². The van der Waals surface area contributed by atoms with Crippen molar-refractivity contribution in [3.05, 3.63) is 0 Å². The zero-order chi connectivity index (χ0) is 8.15. The van der Waals surface area contributed by atoms with Crippen LogP contribution < -0.4 is 0 Å². The van der Waals surface area contributed by atoms with Gasteiger partial charge in [0.25, 0.3) is 0 Å². The molecular formula is C3H7O6P. The average molecular weight is 170 g/mol. The summed E-state index contributed by atoms with van der Waals surface area (Å²) in [5, 5.41) is 16.4. The summed E-state index contributed by atoms with van der Waals surface area (Å²) >= 11 is 0. The van der Waals surface area contributed by atoms with Crippen molar-refractivity contribution < 1.29 is 29.3 Å². The maximum Gasteiger partial charge on any atom is 0.335 e. The number of hydrogen-bond donors (Lipinski definition) is 4. The van der Waals surface area contributed by atoms with Gasteiger partial charge in [-0.1, -0.05) is 0 Å². The molecule has 0 spiro atoms. The second-order valence-corrected chi connectivity index (χ2v) is 2.08. The van der Waals surface area contributed by atoms with Crippen LogP contribution in [0.1, 0.15) is 0 Å².